The summed E-state index contributed by atoms with van der Waals surface area (Å²) >= 11 is 3.27. The van der Waals surface area contributed by atoms with E-state index in [0.717, 1.165) is 29.4 Å². The summed E-state index contributed by atoms with van der Waals surface area (Å²) in [7, 11) is 0. The average molecular weight is 215 g/mol. The van der Waals surface area contributed by atoms with E-state index in [0.29, 0.717) is 0 Å². The number of furan rings is 1. The van der Waals surface area contributed by atoms with E-state index in [4.69, 9.17) is 4.42 Å². The lowest BCUT2D eigenvalue weighted by atomic mass is 10.1. The number of carbonyl (C=O) groups is 1. The predicted octanol–water partition coefficient (Wildman–Crippen LogP) is 2.27. The molecule has 2 nitrogen and oxygen atoms in total. The zero-order valence-corrected chi connectivity index (χ0v) is 7.43. The second-order valence-corrected chi connectivity index (χ2v) is 3.82. The summed E-state index contributed by atoms with van der Waals surface area (Å²) in [6, 6.07) is 1.86. The summed E-state index contributed by atoms with van der Waals surface area (Å²) in [6.45, 7) is 0. The van der Waals surface area contributed by atoms with E-state index >= 15 is 0 Å². The summed E-state index contributed by atoms with van der Waals surface area (Å²) in [5.41, 5.74) is -0.272. The maximum Gasteiger partial charge on any atom is 0.133 e. The lowest BCUT2D eigenvalue weighted by Crippen LogP contribution is -2.05. The molecule has 0 aliphatic heterocycles. The topological polar surface area (TPSA) is 30.2 Å². The summed E-state index contributed by atoms with van der Waals surface area (Å²) < 4.78 is 6.11. The molecule has 3 heteroatoms. The Kier molecular flexibility index (Phi) is 1.42. The highest BCUT2D eigenvalue weighted by atomic mass is 79.9. The van der Waals surface area contributed by atoms with Gasteiger partial charge in [0.1, 0.15) is 18.3 Å². The van der Waals surface area contributed by atoms with Crippen molar-refractivity contribution in [2.45, 2.75) is 18.3 Å². The van der Waals surface area contributed by atoms with Crippen LogP contribution in [0, 0.1) is 0 Å². The van der Waals surface area contributed by atoms with Crippen LogP contribution in [0.15, 0.2) is 21.2 Å². The van der Waals surface area contributed by atoms with Crippen molar-refractivity contribution in [2.75, 3.05) is 0 Å². The Morgan fingerprint density at radius 2 is 2.36 bits per heavy atom. The minimum absolute atomic E-state index is 0.272. The zero-order chi connectivity index (χ0) is 7.90. The van der Waals surface area contributed by atoms with Crippen LogP contribution in [0.4, 0.5) is 0 Å². The normalized spacial score (nSPS) is 19.7. The lowest BCUT2D eigenvalue weighted by Gasteiger charge is -1.98. The molecule has 0 amide bonds. The van der Waals surface area contributed by atoms with Crippen molar-refractivity contribution >= 4 is 22.2 Å². The Morgan fingerprint density at radius 3 is 2.73 bits per heavy atom. The van der Waals surface area contributed by atoms with Crippen LogP contribution in [0.2, 0.25) is 0 Å². The smallest absolute Gasteiger partial charge is 0.133 e. The number of aldehydes is 1. The first-order valence-electron chi connectivity index (χ1n) is 3.48. The van der Waals surface area contributed by atoms with Crippen LogP contribution in [0.3, 0.4) is 0 Å². The molecule has 0 N–H and O–H groups in total. The number of hydrogen-bond donors (Lipinski definition) is 0. The molecule has 1 fully saturated rings. The third-order valence-electron chi connectivity index (χ3n) is 2.07. The molecule has 1 saturated carbocycles. The third kappa shape index (κ3) is 1.03. The van der Waals surface area contributed by atoms with E-state index in [-0.39, 0.29) is 5.41 Å². The van der Waals surface area contributed by atoms with Gasteiger partial charge in [-0.1, -0.05) is 0 Å². The molecule has 0 spiro atoms. The highest BCUT2D eigenvalue weighted by Gasteiger charge is 2.47. The minimum Gasteiger partial charge on any atom is -0.467 e. The molecule has 1 aromatic rings. The number of carbonyl (C=O) groups excluding carboxylic acids is 1. The Bertz CT molecular complexity index is 286. The molecule has 0 saturated heterocycles. The van der Waals surface area contributed by atoms with Crippen molar-refractivity contribution in [3.05, 3.63) is 22.6 Å². The lowest BCUT2D eigenvalue weighted by molar-refractivity contribution is -0.110. The SMILES string of the molecule is O=CC1(c2cc(Br)co2)CC1. The average Bonchev–Trinajstić information content (AvgIpc) is 2.70. The van der Waals surface area contributed by atoms with Gasteiger partial charge in [0.2, 0.25) is 0 Å². The van der Waals surface area contributed by atoms with Crippen molar-refractivity contribution in [1.82, 2.24) is 0 Å². The molecule has 0 aromatic carbocycles. The van der Waals surface area contributed by atoms with E-state index in [1.165, 1.54) is 0 Å². The Labute approximate surface area is 72.7 Å². The van der Waals surface area contributed by atoms with Gasteiger partial charge in [-0.15, -0.1) is 0 Å². The molecule has 11 heavy (non-hydrogen) atoms. The first-order chi connectivity index (χ1) is 5.27. The van der Waals surface area contributed by atoms with E-state index in [1.54, 1.807) is 6.26 Å². The van der Waals surface area contributed by atoms with Gasteiger partial charge in [-0.2, -0.15) is 0 Å². The quantitative estimate of drug-likeness (QED) is 0.708. The first-order valence-corrected chi connectivity index (χ1v) is 4.27. The Morgan fingerprint density at radius 1 is 1.64 bits per heavy atom. The standard InChI is InChI=1S/C8H7BrO2/c9-6-3-7(11-4-6)8(5-10)1-2-8/h3-5H,1-2H2. The molecule has 0 atom stereocenters. The molecule has 0 bridgehead atoms. The van der Waals surface area contributed by atoms with Gasteiger partial charge in [0.15, 0.2) is 0 Å². The van der Waals surface area contributed by atoms with Gasteiger partial charge < -0.3 is 9.21 Å². The van der Waals surface area contributed by atoms with Crippen molar-refractivity contribution in [2.24, 2.45) is 0 Å². The van der Waals surface area contributed by atoms with Gasteiger partial charge in [-0.25, -0.2) is 0 Å². The Balaban J connectivity index is 2.36. The fraction of sp³-hybridized carbons (Fsp3) is 0.375. The van der Waals surface area contributed by atoms with Crippen LogP contribution in [-0.2, 0) is 10.2 Å². The van der Waals surface area contributed by atoms with Crippen LogP contribution in [0.1, 0.15) is 18.6 Å². The van der Waals surface area contributed by atoms with Gasteiger partial charge in [-0.3, -0.25) is 0 Å². The van der Waals surface area contributed by atoms with Crippen LogP contribution in [0.5, 0.6) is 0 Å². The van der Waals surface area contributed by atoms with E-state index < -0.39 is 0 Å². The van der Waals surface area contributed by atoms with Crippen LogP contribution >= 0.6 is 15.9 Å². The van der Waals surface area contributed by atoms with Crippen LogP contribution in [-0.4, -0.2) is 6.29 Å². The molecular formula is C8H7BrO2. The molecule has 1 heterocycles. The summed E-state index contributed by atoms with van der Waals surface area (Å²) in [6.07, 6.45) is 4.45. The highest BCUT2D eigenvalue weighted by Crippen LogP contribution is 2.47. The van der Waals surface area contributed by atoms with E-state index in [2.05, 4.69) is 15.9 Å². The van der Waals surface area contributed by atoms with Crippen molar-refractivity contribution in [3.8, 4) is 0 Å². The number of halogens is 1. The number of rotatable bonds is 2. The fourth-order valence-corrected chi connectivity index (χ4v) is 1.43. The molecule has 1 aliphatic carbocycles. The summed E-state index contributed by atoms with van der Waals surface area (Å²) in [5.74, 6) is 0.791. The minimum atomic E-state index is -0.272. The predicted molar refractivity (Wildman–Crippen MR) is 43.4 cm³/mol. The largest absolute Gasteiger partial charge is 0.467 e. The highest BCUT2D eigenvalue weighted by molar-refractivity contribution is 9.10. The van der Waals surface area contributed by atoms with Gasteiger partial charge in [-0.05, 0) is 34.8 Å². The van der Waals surface area contributed by atoms with E-state index in [1.807, 2.05) is 6.07 Å². The van der Waals surface area contributed by atoms with Crippen LogP contribution in [0.25, 0.3) is 0 Å². The maximum atomic E-state index is 10.6. The molecule has 2 rings (SSSR count). The molecule has 1 aromatic heterocycles. The first kappa shape index (κ1) is 7.10. The Hall–Kier alpha value is -0.570. The van der Waals surface area contributed by atoms with Gasteiger partial charge in [0, 0.05) is 0 Å². The number of hydrogen-bond acceptors (Lipinski definition) is 2. The van der Waals surface area contributed by atoms with Crippen molar-refractivity contribution < 1.29 is 9.21 Å². The maximum absolute atomic E-state index is 10.6. The second-order valence-electron chi connectivity index (χ2n) is 2.90. The third-order valence-corrected chi connectivity index (χ3v) is 2.49. The fourth-order valence-electron chi connectivity index (χ4n) is 1.13. The zero-order valence-electron chi connectivity index (χ0n) is 5.84. The summed E-state index contributed by atoms with van der Waals surface area (Å²) in [4.78, 5) is 10.6. The van der Waals surface area contributed by atoms with Gasteiger partial charge in [0.05, 0.1) is 9.89 Å². The molecule has 1 aliphatic rings. The molecule has 0 radical (unpaired) electrons. The van der Waals surface area contributed by atoms with E-state index in [9.17, 15) is 4.79 Å². The van der Waals surface area contributed by atoms with Crippen molar-refractivity contribution in [3.63, 3.8) is 0 Å². The van der Waals surface area contributed by atoms with Gasteiger partial charge in [0.25, 0.3) is 0 Å². The molecule has 58 valence electrons. The monoisotopic (exact) mass is 214 g/mol. The van der Waals surface area contributed by atoms with Gasteiger partial charge >= 0.3 is 0 Å². The van der Waals surface area contributed by atoms with Crippen LogP contribution < -0.4 is 0 Å². The van der Waals surface area contributed by atoms with Crippen molar-refractivity contribution in [1.29, 1.82) is 0 Å². The summed E-state index contributed by atoms with van der Waals surface area (Å²) in [5, 5.41) is 0. The molecule has 0 unspecified atom stereocenters. The second kappa shape index (κ2) is 2.21. The molecular weight excluding hydrogens is 208 g/mol.